The molecule has 0 bridgehead atoms. The summed E-state index contributed by atoms with van der Waals surface area (Å²) in [7, 11) is 1.91. The second-order valence-corrected chi connectivity index (χ2v) is 4.37. The fourth-order valence-corrected chi connectivity index (χ4v) is 2.18. The van der Waals surface area contributed by atoms with Gasteiger partial charge in [0.2, 0.25) is 0 Å². The second-order valence-electron chi connectivity index (χ2n) is 4.37. The van der Waals surface area contributed by atoms with E-state index in [9.17, 15) is 0 Å². The molecule has 1 N–H and O–H groups in total. The lowest BCUT2D eigenvalue weighted by Crippen LogP contribution is -2.15. The molecule has 90 valence electrons. The van der Waals surface area contributed by atoms with Gasteiger partial charge in [0.1, 0.15) is 11.6 Å². The van der Waals surface area contributed by atoms with Gasteiger partial charge in [-0.3, -0.25) is 4.68 Å². The Hall–Kier alpha value is -1.85. The number of anilines is 1. The summed E-state index contributed by atoms with van der Waals surface area (Å²) in [5.74, 6) is 3.00. The van der Waals surface area contributed by atoms with Crippen molar-refractivity contribution in [1.29, 1.82) is 0 Å². The molecule has 1 aliphatic heterocycles. The lowest BCUT2D eigenvalue weighted by molar-refractivity contribution is 0.509. The molecule has 2 aromatic rings. The van der Waals surface area contributed by atoms with Gasteiger partial charge < -0.3 is 9.88 Å². The van der Waals surface area contributed by atoms with Crippen molar-refractivity contribution in [2.45, 2.75) is 32.4 Å². The first-order valence-electron chi connectivity index (χ1n) is 5.97. The zero-order chi connectivity index (χ0) is 11.7. The summed E-state index contributed by atoms with van der Waals surface area (Å²) in [6, 6.07) is 1.95. The van der Waals surface area contributed by atoms with E-state index in [0.29, 0.717) is 6.54 Å². The topological polar surface area (TPSA) is 60.6 Å². The minimum Gasteiger partial charge on any atom is -0.361 e. The summed E-state index contributed by atoms with van der Waals surface area (Å²) in [4.78, 5) is 0. The van der Waals surface area contributed by atoms with Gasteiger partial charge in [-0.05, 0) is 12.8 Å². The van der Waals surface area contributed by atoms with Crippen molar-refractivity contribution in [3.05, 3.63) is 23.9 Å². The Balaban J connectivity index is 1.71. The second kappa shape index (κ2) is 4.20. The quantitative estimate of drug-likeness (QED) is 0.856. The predicted octanol–water partition coefficient (Wildman–Crippen LogP) is 0.960. The van der Waals surface area contributed by atoms with Crippen LogP contribution in [0.5, 0.6) is 0 Å². The number of fused-ring (bicyclic) bond motifs is 1. The highest BCUT2D eigenvalue weighted by Gasteiger charge is 2.15. The molecule has 3 rings (SSSR count). The molecule has 6 heteroatoms. The van der Waals surface area contributed by atoms with Crippen molar-refractivity contribution in [1.82, 2.24) is 24.5 Å². The van der Waals surface area contributed by atoms with Crippen LogP contribution in [-0.4, -0.2) is 24.5 Å². The van der Waals surface area contributed by atoms with Crippen LogP contribution in [0.25, 0.3) is 0 Å². The Kier molecular flexibility index (Phi) is 2.55. The monoisotopic (exact) mass is 232 g/mol. The van der Waals surface area contributed by atoms with E-state index in [2.05, 4.69) is 25.2 Å². The summed E-state index contributed by atoms with van der Waals surface area (Å²) >= 11 is 0. The number of rotatable bonds is 3. The largest absolute Gasteiger partial charge is 0.361 e. The number of hydrogen-bond acceptors (Lipinski definition) is 4. The van der Waals surface area contributed by atoms with Gasteiger partial charge >= 0.3 is 0 Å². The van der Waals surface area contributed by atoms with Crippen LogP contribution in [0, 0.1) is 0 Å². The van der Waals surface area contributed by atoms with Crippen LogP contribution in [-0.2, 0) is 26.6 Å². The van der Waals surface area contributed by atoms with Gasteiger partial charge in [-0.25, -0.2) is 0 Å². The van der Waals surface area contributed by atoms with Crippen molar-refractivity contribution >= 4 is 5.82 Å². The van der Waals surface area contributed by atoms with E-state index in [1.54, 1.807) is 4.68 Å². The Morgan fingerprint density at radius 1 is 1.35 bits per heavy atom. The smallest absolute Gasteiger partial charge is 0.152 e. The molecule has 0 saturated heterocycles. The molecule has 6 nitrogen and oxygen atoms in total. The molecule has 2 aromatic heterocycles. The average Bonchev–Trinajstić information content (AvgIpc) is 2.93. The number of nitrogens with one attached hydrogen (secondary N) is 1. The summed E-state index contributed by atoms with van der Waals surface area (Å²) in [6.45, 7) is 1.73. The molecule has 0 aromatic carbocycles. The van der Waals surface area contributed by atoms with E-state index in [1.807, 2.05) is 19.3 Å². The van der Waals surface area contributed by atoms with Gasteiger partial charge in [0.15, 0.2) is 5.82 Å². The summed E-state index contributed by atoms with van der Waals surface area (Å²) in [5.41, 5.74) is 0. The molecule has 0 radical (unpaired) electrons. The molecule has 1 aliphatic rings. The minimum atomic E-state index is 0.685. The van der Waals surface area contributed by atoms with Crippen molar-refractivity contribution in [3.8, 4) is 0 Å². The standard InChI is InChI=1S/C11H16N6/c1-16-7-5-9(15-16)12-8-11-14-13-10-4-2-3-6-17(10)11/h5,7H,2-4,6,8H2,1H3,(H,12,15). The Labute approximate surface area is 99.7 Å². The zero-order valence-electron chi connectivity index (χ0n) is 9.93. The highest BCUT2D eigenvalue weighted by Crippen LogP contribution is 2.14. The first kappa shape index (κ1) is 10.3. The third-order valence-corrected chi connectivity index (χ3v) is 3.08. The van der Waals surface area contributed by atoms with Crippen molar-refractivity contribution in [2.24, 2.45) is 7.05 Å². The molecule has 17 heavy (non-hydrogen) atoms. The van der Waals surface area contributed by atoms with E-state index >= 15 is 0 Å². The fourth-order valence-electron chi connectivity index (χ4n) is 2.18. The van der Waals surface area contributed by atoms with Gasteiger partial charge in [-0.15, -0.1) is 10.2 Å². The van der Waals surface area contributed by atoms with E-state index < -0.39 is 0 Å². The fraction of sp³-hybridized carbons (Fsp3) is 0.545. The van der Waals surface area contributed by atoms with E-state index in [1.165, 1.54) is 12.8 Å². The maximum Gasteiger partial charge on any atom is 0.152 e. The normalized spacial score (nSPS) is 14.6. The van der Waals surface area contributed by atoms with Crippen LogP contribution in [0.15, 0.2) is 12.3 Å². The molecule has 0 atom stereocenters. The third-order valence-electron chi connectivity index (χ3n) is 3.08. The Morgan fingerprint density at radius 2 is 2.29 bits per heavy atom. The van der Waals surface area contributed by atoms with Crippen LogP contribution >= 0.6 is 0 Å². The molecule has 0 unspecified atom stereocenters. The predicted molar refractivity (Wildman–Crippen MR) is 63.5 cm³/mol. The van der Waals surface area contributed by atoms with E-state index in [0.717, 1.165) is 30.4 Å². The summed E-state index contributed by atoms with van der Waals surface area (Å²) in [6.07, 6.45) is 5.42. The van der Waals surface area contributed by atoms with Crippen molar-refractivity contribution in [2.75, 3.05) is 5.32 Å². The Morgan fingerprint density at radius 3 is 3.12 bits per heavy atom. The SMILES string of the molecule is Cn1ccc(NCc2nnc3n2CCCC3)n1. The lowest BCUT2D eigenvalue weighted by Gasteiger charge is -2.14. The highest BCUT2D eigenvalue weighted by molar-refractivity contribution is 5.32. The van der Waals surface area contributed by atoms with Gasteiger partial charge in [0, 0.05) is 32.3 Å². The maximum atomic E-state index is 4.27. The Bertz CT molecular complexity index is 512. The van der Waals surface area contributed by atoms with Crippen LogP contribution in [0.3, 0.4) is 0 Å². The maximum absolute atomic E-state index is 4.27. The van der Waals surface area contributed by atoms with Crippen molar-refractivity contribution in [3.63, 3.8) is 0 Å². The number of aryl methyl sites for hydroxylation is 2. The number of nitrogens with zero attached hydrogens (tertiary/aromatic N) is 5. The summed E-state index contributed by atoms with van der Waals surface area (Å²) < 4.78 is 4.00. The molecule has 0 saturated carbocycles. The van der Waals surface area contributed by atoms with E-state index in [-0.39, 0.29) is 0 Å². The van der Waals surface area contributed by atoms with Crippen LogP contribution in [0.2, 0.25) is 0 Å². The highest BCUT2D eigenvalue weighted by atomic mass is 15.3. The van der Waals surface area contributed by atoms with E-state index in [4.69, 9.17) is 0 Å². The van der Waals surface area contributed by atoms with Crippen LogP contribution in [0.4, 0.5) is 5.82 Å². The lowest BCUT2D eigenvalue weighted by atomic mass is 10.2. The van der Waals surface area contributed by atoms with Crippen molar-refractivity contribution < 1.29 is 0 Å². The minimum absolute atomic E-state index is 0.685. The van der Waals surface area contributed by atoms with Gasteiger partial charge in [0.05, 0.1) is 6.54 Å². The molecule has 0 spiro atoms. The third kappa shape index (κ3) is 2.02. The average molecular weight is 232 g/mol. The molecule has 0 fully saturated rings. The zero-order valence-corrected chi connectivity index (χ0v) is 9.93. The first-order valence-corrected chi connectivity index (χ1v) is 5.97. The molecule has 0 amide bonds. The van der Waals surface area contributed by atoms with Gasteiger partial charge in [-0.1, -0.05) is 0 Å². The molecular formula is C11H16N6. The summed E-state index contributed by atoms with van der Waals surface area (Å²) in [5, 5.41) is 16.0. The first-order chi connectivity index (χ1) is 8.33. The molecule has 0 aliphatic carbocycles. The number of aromatic nitrogens is 5. The van der Waals surface area contributed by atoms with Gasteiger partial charge in [-0.2, -0.15) is 5.10 Å². The van der Waals surface area contributed by atoms with Crippen LogP contribution < -0.4 is 5.32 Å². The molecular weight excluding hydrogens is 216 g/mol. The number of hydrogen-bond donors (Lipinski definition) is 1. The molecule has 3 heterocycles. The van der Waals surface area contributed by atoms with Crippen LogP contribution in [0.1, 0.15) is 24.5 Å². The van der Waals surface area contributed by atoms with Gasteiger partial charge in [0.25, 0.3) is 0 Å².